The quantitative estimate of drug-likeness (QED) is 0.792. The Balaban J connectivity index is 1.69. The molecule has 0 heterocycles. The lowest BCUT2D eigenvalue weighted by Gasteiger charge is -2.09. The summed E-state index contributed by atoms with van der Waals surface area (Å²) in [4.78, 5) is 12.1. The van der Waals surface area contributed by atoms with Gasteiger partial charge in [-0.2, -0.15) is 0 Å². The van der Waals surface area contributed by atoms with Crippen LogP contribution in [0.4, 0.5) is 0 Å². The molecule has 2 N–H and O–H groups in total. The van der Waals surface area contributed by atoms with Crippen molar-refractivity contribution < 1.29 is 17.9 Å². The Morgan fingerprint density at radius 1 is 1.16 bits per heavy atom. The van der Waals surface area contributed by atoms with Crippen molar-refractivity contribution in [2.45, 2.75) is 30.3 Å². The van der Waals surface area contributed by atoms with E-state index in [4.69, 9.17) is 4.74 Å². The highest BCUT2D eigenvalue weighted by atomic mass is 32.2. The van der Waals surface area contributed by atoms with E-state index in [1.165, 1.54) is 12.1 Å². The fourth-order valence-electron chi connectivity index (χ4n) is 2.31. The molecule has 0 unspecified atom stereocenters. The van der Waals surface area contributed by atoms with Crippen molar-refractivity contribution in [3.8, 4) is 5.75 Å². The minimum atomic E-state index is -3.70. The highest BCUT2D eigenvalue weighted by Gasteiger charge is 2.24. The van der Waals surface area contributed by atoms with E-state index in [1.807, 2.05) is 0 Å². The first-order valence-corrected chi connectivity index (χ1v) is 9.50. The Labute approximate surface area is 147 Å². The summed E-state index contributed by atoms with van der Waals surface area (Å²) in [7, 11) is -2.13. The van der Waals surface area contributed by atoms with Crippen LogP contribution in [-0.4, -0.2) is 27.5 Å². The van der Waals surface area contributed by atoms with E-state index in [-0.39, 0.29) is 23.4 Å². The SMILES string of the molecule is COc1ccc(CNS(=O)(=O)c2cccc(C(=O)NC3CC3)c2)cc1. The molecule has 7 heteroatoms. The topological polar surface area (TPSA) is 84.5 Å². The zero-order chi connectivity index (χ0) is 17.9. The molecule has 1 aliphatic rings. The van der Waals surface area contributed by atoms with Gasteiger partial charge in [0.2, 0.25) is 10.0 Å². The predicted octanol–water partition coefficient (Wildman–Crippen LogP) is 2.07. The van der Waals surface area contributed by atoms with Crippen molar-refractivity contribution in [2.75, 3.05) is 7.11 Å². The van der Waals surface area contributed by atoms with Crippen molar-refractivity contribution in [1.29, 1.82) is 0 Å². The molecule has 1 fully saturated rings. The van der Waals surface area contributed by atoms with Crippen LogP contribution in [0, 0.1) is 0 Å². The summed E-state index contributed by atoms with van der Waals surface area (Å²) in [6.45, 7) is 0.158. The minimum absolute atomic E-state index is 0.0736. The Morgan fingerprint density at radius 2 is 1.88 bits per heavy atom. The number of ether oxygens (including phenoxy) is 1. The lowest BCUT2D eigenvalue weighted by atomic mass is 10.2. The Kier molecular flexibility index (Phi) is 5.06. The lowest BCUT2D eigenvalue weighted by molar-refractivity contribution is 0.0951. The van der Waals surface area contributed by atoms with Crippen LogP contribution in [0.5, 0.6) is 5.75 Å². The molecule has 0 saturated heterocycles. The van der Waals surface area contributed by atoms with Gasteiger partial charge in [-0.1, -0.05) is 18.2 Å². The summed E-state index contributed by atoms with van der Waals surface area (Å²) in [5.74, 6) is 0.468. The standard InChI is InChI=1S/C18H20N2O4S/c1-24-16-9-5-13(6-10-16)12-19-25(22,23)17-4-2-3-14(11-17)18(21)20-15-7-8-15/h2-6,9-11,15,19H,7-8,12H2,1H3,(H,20,21). The number of hydrogen-bond acceptors (Lipinski definition) is 4. The van der Waals surface area contributed by atoms with Crippen molar-refractivity contribution in [3.63, 3.8) is 0 Å². The zero-order valence-corrected chi connectivity index (χ0v) is 14.7. The average molecular weight is 360 g/mol. The largest absolute Gasteiger partial charge is 0.497 e. The third-order valence-corrected chi connectivity index (χ3v) is 5.34. The third kappa shape index (κ3) is 4.58. The van der Waals surface area contributed by atoms with E-state index >= 15 is 0 Å². The molecule has 0 bridgehead atoms. The Bertz CT molecular complexity index is 859. The average Bonchev–Trinajstić information content (AvgIpc) is 3.44. The molecular weight excluding hydrogens is 340 g/mol. The van der Waals surface area contributed by atoms with E-state index in [1.54, 1.807) is 43.5 Å². The van der Waals surface area contributed by atoms with Crippen LogP contribution in [0.2, 0.25) is 0 Å². The van der Waals surface area contributed by atoms with Crippen LogP contribution in [0.3, 0.4) is 0 Å². The molecule has 0 aromatic heterocycles. The summed E-state index contributed by atoms with van der Waals surface area (Å²) in [5, 5.41) is 2.85. The van der Waals surface area contributed by atoms with Crippen LogP contribution >= 0.6 is 0 Å². The number of methoxy groups -OCH3 is 1. The van der Waals surface area contributed by atoms with Crippen molar-refractivity contribution in [2.24, 2.45) is 0 Å². The van der Waals surface area contributed by atoms with Gasteiger partial charge in [0.25, 0.3) is 5.91 Å². The van der Waals surface area contributed by atoms with E-state index in [2.05, 4.69) is 10.0 Å². The van der Waals surface area contributed by atoms with Gasteiger partial charge in [-0.3, -0.25) is 4.79 Å². The number of carbonyl (C=O) groups excluding carboxylic acids is 1. The van der Waals surface area contributed by atoms with Gasteiger partial charge in [0, 0.05) is 18.2 Å². The smallest absolute Gasteiger partial charge is 0.251 e. The van der Waals surface area contributed by atoms with Crippen LogP contribution in [0.25, 0.3) is 0 Å². The molecule has 1 saturated carbocycles. The molecular formula is C18H20N2O4S. The first-order chi connectivity index (χ1) is 12.0. The van der Waals surface area contributed by atoms with Gasteiger partial charge >= 0.3 is 0 Å². The molecule has 2 aromatic carbocycles. The van der Waals surface area contributed by atoms with Gasteiger partial charge in [0.15, 0.2) is 0 Å². The number of sulfonamides is 1. The number of benzene rings is 2. The number of amides is 1. The molecule has 0 radical (unpaired) electrons. The van der Waals surface area contributed by atoms with Gasteiger partial charge in [0.05, 0.1) is 12.0 Å². The minimum Gasteiger partial charge on any atom is -0.497 e. The van der Waals surface area contributed by atoms with Gasteiger partial charge < -0.3 is 10.1 Å². The van der Waals surface area contributed by atoms with E-state index in [9.17, 15) is 13.2 Å². The second-order valence-electron chi connectivity index (χ2n) is 5.95. The number of carbonyl (C=O) groups is 1. The number of rotatable bonds is 7. The predicted molar refractivity (Wildman–Crippen MR) is 93.9 cm³/mol. The summed E-state index contributed by atoms with van der Waals surface area (Å²) < 4.78 is 32.6. The lowest BCUT2D eigenvalue weighted by Crippen LogP contribution is -2.26. The first-order valence-electron chi connectivity index (χ1n) is 8.01. The van der Waals surface area contributed by atoms with Crippen LogP contribution in [-0.2, 0) is 16.6 Å². The van der Waals surface area contributed by atoms with Gasteiger partial charge in [-0.15, -0.1) is 0 Å². The fourth-order valence-corrected chi connectivity index (χ4v) is 3.37. The molecule has 3 rings (SSSR count). The highest BCUT2D eigenvalue weighted by Crippen LogP contribution is 2.20. The molecule has 132 valence electrons. The first kappa shape index (κ1) is 17.4. The highest BCUT2D eigenvalue weighted by molar-refractivity contribution is 7.89. The zero-order valence-electron chi connectivity index (χ0n) is 13.9. The molecule has 1 amide bonds. The molecule has 0 spiro atoms. The van der Waals surface area contributed by atoms with Gasteiger partial charge in [-0.05, 0) is 48.7 Å². The molecule has 0 atom stereocenters. The van der Waals surface area contributed by atoms with Gasteiger partial charge in [0.1, 0.15) is 5.75 Å². The monoisotopic (exact) mass is 360 g/mol. The normalized spacial score (nSPS) is 14.1. The number of nitrogens with one attached hydrogen (secondary N) is 2. The second kappa shape index (κ2) is 7.25. The van der Waals surface area contributed by atoms with Crippen molar-refractivity contribution in [1.82, 2.24) is 10.0 Å². The maximum absolute atomic E-state index is 12.5. The van der Waals surface area contributed by atoms with E-state index in [0.29, 0.717) is 11.3 Å². The molecule has 6 nitrogen and oxygen atoms in total. The number of hydrogen-bond donors (Lipinski definition) is 2. The van der Waals surface area contributed by atoms with Gasteiger partial charge in [-0.25, -0.2) is 13.1 Å². The van der Waals surface area contributed by atoms with Crippen molar-refractivity contribution in [3.05, 3.63) is 59.7 Å². The summed E-state index contributed by atoms with van der Waals surface area (Å²) >= 11 is 0. The molecule has 25 heavy (non-hydrogen) atoms. The third-order valence-electron chi connectivity index (χ3n) is 3.94. The van der Waals surface area contributed by atoms with E-state index < -0.39 is 10.0 Å². The Morgan fingerprint density at radius 3 is 2.52 bits per heavy atom. The fraction of sp³-hybridized carbons (Fsp3) is 0.278. The Hall–Kier alpha value is -2.38. The molecule has 1 aliphatic carbocycles. The summed E-state index contributed by atoms with van der Waals surface area (Å²) in [6.07, 6.45) is 1.96. The summed E-state index contributed by atoms with van der Waals surface area (Å²) in [5.41, 5.74) is 1.16. The van der Waals surface area contributed by atoms with E-state index in [0.717, 1.165) is 18.4 Å². The van der Waals surface area contributed by atoms with Crippen LogP contribution < -0.4 is 14.8 Å². The molecule has 0 aliphatic heterocycles. The second-order valence-corrected chi connectivity index (χ2v) is 7.72. The van der Waals surface area contributed by atoms with Crippen molar-refractivity contribution >= 4 is 15.9 Å². The maximum atomic E-state index is 12.5. The maximum Gasteiger partial charge on any atom is 0.251 e. The summed E-state index contributed by atoms with van der Waals surface area (Å²) in [6, 6.07) is 13.4. The van der Waals surface area contributed by atoms with Crippen LogP contribution in [0.1, 0.15) is 28.8 Å². The van der Waals surface area contributed by atoms with Crippen LogP contribution in [0.15, 0.2) is 53.4 Å². The molecule has 2 aromatic rings.